The Morgan fingerprint density at radius 1 is 1.06 bits per heavy atom. The summed E-state index contributed by atoms with van der Waals surface area (Å²) in [5.41, 5.74) is 0.140. The molecule has 17 heavy (non-hydrogen) atoms. The maximum Gasteiger partial charge on any atom is 0.175 e. The number of rotatable bonds is 0. The topological polar surface area (TPSA) is 18.5 Å². The lowest BCUT2D eigenvalue weighted by Crippen LogP contribution is -2.13. The van der Waals surface area contributed by atoms with E-state index in [2.05, 4.69) is 26.2 Å². The normalized spacial score (nSPS) is 15.4. The van der Waals surface area contributed by atoms with Crippen LogP contribution in [0.15, 0.2) is 5.38 Å². The zero-order chi connectivity index (χ0) is 12.9. The molecule has 0 amide bonds. The van der Waals surface area contributed by atoms with Crippen molar-refractivity contribution in [2.45, 2.75) is 52.9 Å². The van der Waals surface area contributed by atoms with E-state index in [-0.39, 0.29) is 5.41 Å². The second-order valence-electron chi connectivity index (χ2n) is 4.91. The van der Waals surface area contributed by atoms with Gasteiger partial charge in [0.1, 0.15) is 0 Å². The van der Waals surface area contributed by atoms with E-state index in [9.17, 15) is 0 Å². The van der Waals surface area contributed by atoms with Crippen molar-refractivity contribution in [1.29, 1.82) is 0 Å². The van der Waals surface area contributed by atoms with Gasteiger partial charge in [-0.1, -0.05) is 34.6 Å². The van der Waals surface area contributed by atoms with Crippen LogP contribution in [0.4, 0.5) is 0 Å². The highest BCUT2D eigenvalue weighted by Crippen LogP contribution is 2.44. The summed E-state index contributed by atoms with van der Waals surface area (Å²) in [6.07, 6.45) is 2.17. The Balaban J connectivity index is 0.000000686. The largest absolute Gasteiger partial charge is 0.489 e. The highest BCUT2D eigenvalue weighted by Gasteiger charge is 2.25. The zero-order valence-corrected chi connectivity index (χ0v) is 12.4. The molecule has 2 rings (SSSR count). The standard InChI is InChI=1S/C12H18O2S.C2H6/c1-12(2,3)11-10-9(8-15-11)13-6-4-5-7-14-10;1-2/h8H,4-7H2,1-3H3;1-2H3. The summed E-state index contributed by atoms with van der Waals surface area (Å²) in [7, 11) is 0. The molecule has 1 aromatic rings. The molecule has 0 saturated heterocycles. The molecule has 0 spiro atoms. The molecule has 0 aliphatic carbocycles. The molecule has 1 aliphatic rings. The Bertz CT molecular complexity index is 336. The summed E-state index contributed by atoms with van der Waals surface area (Å²) < 4.78 is 11.5. The average Bonchev–Trinajstić information content (AvgIpc) is 2.63. The quantitative estimate of drug-likeness (QED) is 0.674. The second kappa shape index (κ2) is 6.29. The van der Waals surface area contributed by atoms with Crippen LogP contribution in [0.3, 0.4) is 0 Å². The Kier molecular flexibility index (Phi) is 5.31. The van der Waals surface area contributed by atoms with Crippen LogP contribution in [0.2, 0.25) is 0 Å². The molecule has 0 fully saturated rings. The fraction of sp³-hybridized carbons (Fsp3) is 0.714. The summed E-state index contributed by atoms with van der Waals surface area (Å²) in [6, 6.07) is 0. The van der Waals surface area contributed by atoms with Crippen LogP contribution in [-0.2, 0) is 5.41 Å². The maximum absolute atomic E-state index is 5.81. The van der Waals surface area contributed by atoms with E-state index in [1.165, 1.54) is 4.88 Å². The van der Waals surface area contributed by atoms with E-state index in [4.69, 9.17) is 9.47 Å². The molecule has 0 unspecified atom stereocenters. The fourth-order valence-corrected chi connectivity index (χ4v) is 2.67. The van der Waals surface area contributed by atoms with Gasteiger partial charge in [0, 0.05) is 10.8 Å². The molecule has 1 aliphatic heterocycles. The zero-order valence-electron chi connectivity index (χ0n) is 11.6. The first-order valence-electron chi connectivity index (χ1n) is 6.46. The van der Waals surface area contributed by atoms with Gasteiger partial charge in [0.05, 0.1) is 18.1 Å². The van der Waals surface area contributed by atoms with E-state index in [1.807, 2.05) is 13.8 Å². The van der Waals surface area contributed by atoms with Gasteiger partial charge in [0.2, 0.25) is 0 Å². The van der Waals surface area contributed by atoms with Gasteiger partial charge in [-0.2, -0.15) is 0 Å². The molecule has 0 radical (unpaired) electrons. The smallest absolute Gasteiger partial charge is 0.175 e. The third-order valence-electron chi connectivity index (χ3n) is 2.44. The minimum absolute atomic E-state index is 0.140. The number of hydrogen-bond donors (Lipinski definition) is 0. The number of ether oxygens (including phenoxy) is 2. The molecular weight excluding hydrogens is 232 g/mol. The van der Waals surface area contributed by atoms with Gasteiger partial charge in [-0.3, -0.25) is 0 Å². The number of hydrogen-bond acceptors (Lipinski definition) is 3. The molecule has 0 aromatic carbocycles. The first-order chi connectivity index (χ1) is 8.09. The first-order valence-corrected chi connectivity index (χ1v) is 7.34. The van der Waals surface area contributed by atoms with Gasteiger partial charge in [-0.15, -0.1) is 11.3 Å². The van der Waals surface area contributed by atoms with Crippen LogP contribution in [0.25, 0.3) is 0 Å². The number of thiophene rings is 1. The van der Waals surface area contributed by atoms with Crippen molar-refractivity contribution in [3.05, 3.63) is 10.3 Å². The van der Waals surface area contributed by atoms with E-state index in [0.717, 1.165) is 37.6 Å². The van der Waals surface area contributed by atoms with Gasteiger partial charge in [-0.05, 0) is 12.8 Å². The lowest BCUT2D eigenvalue weighted by molar-refractivity contribution is 0.222. The molecule has 2 nitrogen and oxygen atoms in total. The summed E-state index contributed by atoms with van der Waals surface area (Å²) in [6.45, 7) is 12.3. The predicted octanol–water partition coefficient (Wildman–Crippen LogP) is 4.62. The van der Waals surface area contributed by atoms with Crippen LogP contribution in [-0.4, -0.2) is 13.2 Å². The van der Waals surface area contributed by atoms with E-state index in [0.29, 0.717) is 0 Å². The molecule has 0 atom stereocenters. The molecule has 3 heteroatoms. The van der Waals surface area contributed by atoms with Gasteiger partial charge in [0.25, 0.3) is 0 Å². The van der Waals surface area contributed by atoms with Gasteiger partial charge >= 0.3 is 0 Å². The average molecular weight is 256 g/mol. The predicted molar refractivity (Wildman–Crippen MR) is 74.6 cm³/mol. The summed E-state index contributed by atoms with van der Waals surface area (Å²) in [4.78, 5) is 1.29. The summed E-state index contributed by atoms with van der Waals surface area (Å²) in [5, 5.41) is 2.07. The van der Waals surface area contributed by atoms with Crippen molar-refractivity contribution in [3.63, 3.8) is 0 Å². The summed E-state index contributed by atoms with van der Waals surface area (Å²) in [5.74, 6) is 1.91. The van der Waals surface area contributed by atoms with E-state index in [1.54, 1.807) is 11.3 Å². The van der Waals surface area contributed by atoms with Crippen molar-refractivity contribution < 1.29 is 9.47 Å². The third kappa shape index (κ3) is 3.63. The number of fused-ring (bicyclic) bond motifs is 1. The molecule has 0 bridgehead atoms. The van der Waals surface area contributed by atoms with Crippen LogP contribution < -0.4 is 9.47 Å². The van der Waals surface area contributed by atoms with Gasteiger partial charge in [0.15, 0.2) is 11.5 Å². The lowest BCUT2D eigenvalue weighted by Gasteiger charge is -2.21. The summed E-state index contributed by atoms with van der Waals surface area (Å²) >= 11 is 1.74. The highest BCUT2D eigenvalue weighted by molar-refractivity contribution is 7.10. The van der Waals surface area contributed by atoms with E-state index >= 15 is 0 Å². The Hall–Kier alpha value is -0.700. The Labute approximate surface area is 109 Å². The van der Waals surface area contributed by atoms with Crippen LogP contribution >= 0.6 is 11.3 Å². The first kappa shape index (κ1) is 14.4. The third-order valence-corrected chi connectivity index (χ3v) is 3.80. The Morgan fingerprint density at radius 3 is 2.24 bits per heavy atom. The van der Waals surface area contributed by atoms with Crippen molar-refractivity contribution in [3.8, 4) is 11.5 Å². The van der Waals surface area contributed by atoms with Crippen molar-refractivity contribution >= 4 is 11.3 Å². The van der Waals surface area contributed by atoms with Crippen molar-refractivity contribution in [2.24, 2.45) is 0 Å². The second-order valence-corrected chi connectivity index (χ2v) is 5.79. The molecule has 98 valence electrons. The van der Waals surface area contributed by atoms with Crippen LogP contribution in [0.5, 0.6) is 11.5 Å². The van der Waals surface area contributed by atoms with Gasteiger partial charge < -0.3 is 9.47 Å². The van der Waals surface area contributed by atoms with E-state index < -0.39 is 0 Å². The maximum atomic E-state index is 5.81. The Morgan fingerprint density at radius 2 is 1.65 bits per heavy atom. The molecule has 0 N–H and O–H groups in total. The fourth-order valence-electron chi connectivity index (χ4n) is 1.65. The van der Waals surface area contributed by atoms with Crippen molar-refractivity contribution in [2.75, 3.05) is 13.2 Å². The SMILES string of the molecule is CC.CC(C)(C)c1scc2c1OCCCCO2. The minimum atomic E-state index is 0.140. The molecule has 0 saturated carbocycles. The molecule has 1 aromatic heterocycles. The van der Waals surface area contributed by atoms with Gasteiger partial charge in [-0.25, -0.2) is 0 Å². The monoisotopic (exact) mass is 256 g/mol. The lowest BCUT2D eigenvalue weighted by atomic mass is 9.94. The minimum Gasteiger partial charge on any atom is -0.489 e. The highest BCUT2D eigenvalue weighted by atomic mass is 32.1. The molecule has 2 heterocycles. The van der Waals surface area contributed by atoms with Crippen molar-refractivity contribution in [1.82, 2.24) is 0 Å². The van der Waals surface area contributed by atoms with Crippen LogP contribution in [0.1, 0.15) is 52.3 Å². The van der Waals surface area contributed by atoms with Crippen LogP contribution in [0, 0.1) is 0 Å². The molecular formula is C14H24O2S.